The molecule has 0 aliphatic carbocycles. The van der Waals surface area contributed by atoms with E-state index in [1.807, 2.05) is 11.0 Å². The Morgan fingerprint density at radius 3 is 2.24 bits per heavy atom. The van der Waals surface area contributed by atoms with Gasteiger partial charge in [0.05, 0.1) is 16.9 Å². The van der Waals surface area contributed by atoms with Crippen LogP contribution in [0, 0.1) is 13.8 Å². The van der Waals surface area contributed by atoms with E-state index >= 15 is 0 Å². The van der Waals surface area contributed by atoms with E-state index in [-0.39, 0.29) is 10.4 Å². The number of benzene rings is 2. The van der Waals surface area contributed by atoms with Crippen LogP contribution in [0.25, 0.3) is 0 Å². The SMILES string of the molecule is Cc1cccc(C)c1N1C2=C(N=CN(c3ccc(S(C)(=O)=O)cc3)C2N)SC1N. The minimum absolute atomic E-state index is 0.263. The number of rotatable bonds is 3. The number of para-hydroxylation sites is 1. The van der Waals surface area contributed by atoms with Gasteiger partial charge in [-0.3, -0.25) is 0 Å². The lowest BCUT2D eigenvalue weighted by Gasteiger charge is -2.36. The molecule has 7 nitrogen and oxygen atoms in total. The molecule has 9 heteroatoms. The molecule has 0 bridgehead atoms. The van der Waals surface area contributed by atoms with Crippen LogP contribution in [0.2, 0.25) is 0 Å². The van der Waals surface area contributed by atoms with E-state index in [9.17, 15) is 8.42 Å². The minimum Gasteiger partial charge on any atom is -0.314 e. The summed E-state index contributed by atoms with van der Waals surface area (Å²) in [5, 5.41) is 0.802. The molecule has 2 aromatic rings. The molecule has 2 heterocycles. The number of hydrogen-bond donors (Lipinski definition) is 2. The molecule has 4 N–H and O–H groups in total. The predicted octanol–water partition coefficient (Wildman–Crippen LogP) is 2.50. The zero-order valence-electron chi connectivity index (χ0n) is 16.4. The van der Waals surface area contributed by atoms with Crippen LogP contribution in [-0.4, -0.2) is 32.7 Å². The molecular weight excluding hydrogens is 406 g/mol. The number of thioether (sulfide) groups is 1. The lowest BCUT2D eigenvalue weighted by Crippen LogP contribution is -2.50. The lowest BCUT2D eigenvalue weighted by atomic mass is 10.1. The number of hydrogen-bond acceptors (Lipinski definition) is 8. The Morgan fingerprint density at radius 2 is 1.66 bits per heavy atom. The van der Waals surface area contributed by atoms with Gasteiger partial charge in [-0.05, 0) is 49.2 Å². The molecule has 0 aromatic heterocycles. The van der Waals surface area contributed by atoms with Crippen molar-refractivity contribution in [3.8, 4) is 0 Å². The second-order valence-corrected chi connectivity index (χ2v) is 10.3. The number of sulfone groups is 1. The molecule has 0 spiro atoms. The zero-order valence-corrected chi connectivity index (χ0v) is 18.0. The zero-order chi connectivity index (χ0) is 20.9. The third-order valence-corrected chi connectivity index (χ3v) is 7.21. The Kier molecular flexibility index (Phi) is 4.94. The number of nitrogens with two attached hydrogens (primary N) is 2. The summed E-state index contributed by atoms with van der Waals surface area (Å²) in [4.78, 5) is 8.73. The van der Waals surface area contributed by atoms with Gasteiger partial charge in [0.15, 0.2) is 9.84 Å². The number of aliphatic imine (C=N–C) groups is 1. The molecule has 0 saturated carbocycles. The van der Waals surface area contributed by atoms with Crippen molar-refractivity contribution in [1.82, 2.24) is 0 Å². The first-order valence-corrected chi connectivity index (χ1v) is 11.9. The minimum atomic E-state index is -3.26. The van der Waals surface area contributed by atoms with E-state index in [4.69, 9.17) is 11.5 Å². The monoisotopic (exact) mass is 429 g/mol. The van der Waals surface area contributed by atoms with Crippen molar-refractivity contribution in [1.29, 1.82) is 0 Å². The van der Waals surface area contributed by atoms with E-state index in [2.05, 4.69) is 35.9 Å². The van der Waals surface area contributed by atoms with Crippen LogP contribution in [0.4, 0.5) is 11.4 Å². The van der Waals surface area contributed by atoms with Gasteiger partial charge < -0.3 is 21.3 Å². The highest BCUT2D eigenvalue weighted by Crippen LogP contribution is 2.45. The van der Waals surface area contributed by atoms with Gasteiger partial charge in [-0.15, -0.1) is 0 Å². The first-order valence-electron chi connectivity index (χ1n) is 9.08. The van der Waals surface area contributed by atoms with Crippen LogP contribution in [0.15, 0.2) is 63.1 Å². The van der Waals surface area contributed by atoms with Crippen molar-refractivity contribution in [2.24, 2.45) is 16.5 Å². The fourth-order valence-corrected chi connectivity index (χ4v) is 5.31. The maximum absolute atomic E-state index is 11.7. The van der Waals surface area contributed by atoms with Crippen LogP contribution in [0.3, 0.4) is 0 Å². The molecule has 0 fully saturated rings. The quantitative estimate of drug-likeness (QED) is 0.772. The fraction of sp³-hybridized carbons (Fsp3) is 0.250. The first-order chi connectivity index (χ1) is 13.7. The van der Waals surface area contributed by atoms with Crippen molar-refractivity contribution in [2.45, 2.75) is 30.4 Å². The van der Waals surface area contributed by atoms with Gasteiger partial charge >= 0.3 is 0 Å². The van der Waals surface area contributed by atoms with Crippen molar-refractivity contribution < 1.29 is 8.42 Å². The standard InChI is InChI=1S/C20H23N5O2S2/c1-12-5-4-6-13(2)16(12)25-17-18(21)24(11-23-19(17)28-20(25)22)14-7-9-15(10-8-14)29(3,26)27/h4-11,18,20H,21-22H2,1-3H3. The summed E-state index contributed by atoms with van der Waals surface area (Å²) in [6.45, 7) is 4.11. The van der Waals surface area contributed by atoms with Gasteiger partial charge in [-0.1, -0.05) is 30.0 Å². The maximum atomic E-state index is 11.7. The molecule has 0 amide bonds. The molecule has 0 saturated heterocycles. The second-order valence-electron chi connectivity index (χ2n) is 7.17. The second kappa shape index (κ2) is 7.17. The van der Waals surface area contributed by atoms with E-state index in [1.165, 1.54) is 18.0 Å². The van der Waals surface area contributed by atoms with E-state index in [1.54, 1.807) is 30.6 Å². The molecule has 4 rings (SSSR count). The fourth-order valence-electron chi connectivity index (χ4n) is 3.68. The maximum Gasteiger partial charge on any atom is 0.175 e. The summed E-state index contributed by atoms with van der Waals surface area (Å²) in [6.07, 6.45) is 2.35. The predicted molar refractivity (Wildman–Crippen MR) is 119 cm³/mol. The molecule has 2 aliphatic heterocycles. The van der Waals surface area contributed by atoms with E-state index in [0.29, 0.717) is 0 Å². The average Bonchev–Trinajstić information content (AvgIpc) is 2.98. The molecular formula is C20H23N5O2S2. The van der Waals surface area contributed by atoms with Gasteiger partial charge in [0.25, 0.3) is 0 Å². The van der Waals surface area contributed by atoms with Crippen LogP contribution in [-0.2, 0) is 9.84 Å². The highest BCUT2D eigenvalue weighted by atomic mass is 32.2. The molecule has 2 aromatic carbocycles. The average molecular weight is 430 g/mol. The largest absolute Gasteiger partial charge is 0.314 e. The van der Waals surface area contributed by atoms with Crippen LogP contribution >= 0.6 is 11.8 Å². The molecule has 152 valence electrons. The summed E-state index contributed by atoms with van der Waals surface area (Å²) in [7, 11) is -3.26. The van der Waals surface area contributed by atoms with Crippen LogP contribution in [0.5, 0.6) is 0 Å². The Labute approximate surface area is 175 Å². The Hall–Kier alpha value is -2.33. The molecule has 2 aliphatic rings. The van der Waals surface area contributed by atoms with Gasteiger partial charge in [-0.25, -0.2) is 13.4 Å². The van der Waals surface area contributed by atoms with Gasteiger partial charge in [0.1, 0.15) is 16.7 Å². The van der Waals surface area contributed by atoms with Crippen molar-refractivity contribution >= 4 is 39.3 Å². The number of aryl methyl sites for hydroxylation is 2. The topological polar surface area (TPSA) is 105 Å². The molecule has 0 radical (unpaired) electrons. The highest BCUT2D eigenvalue weighted by Gasteiger charge is 2.40. The third kappa shape index (κ3) is 3.44. The highest BCUT2D eigenvalue weighted by molar-refractivity contribution is 8.04. The normalized spacial score (nSPS) is 21.7. The van der Waals surface area contributed by atoms with Crippen LogP contribution in [0.1, 0.15) is 11.1 Å². The molecule has 29 heavy (non-hydrogen) atoms. The van der Waals surface area contributed by atoms with E-state index in [0.717, 1.165) is 33.2 Å². The summed E-state index contributed by atoms with van der Waals surface area (Å²) < 4.78 is 23.5. The third-order valence-electron chi connectivity index (χ3n) is 5.09. The summed E-state index contributed by atoms with van der Waals surface area (Å²) in [6, 6.07) is 12.8. The van der Waals surface area contributed by atoms with Crippen molar-refractivity contribution in [3.63, 3.8) is 0 Å². The molecule has 2 atom stereocenters. The number of anilines is 2. The summed E-state index contributed by atoms with van der Waals surface area (Å²) in [5.74, 6) is 0. The summed E-state index contributed by atoms with van der Waals surface area (Å²) >= 11 is 1.48. The first kappa shape index (κ1) is 20.0. The Balaban J connectivity index is 1.72. The van der Waals surface area contributed by atoms with Crippen LogP contribution < -0.4 is 21.3 Å². The van der Waals surface area contributed by atoms with Crippen molar-refractivity contribution in [2.75, 3.05) is 16.1 Å². The number of nitrogens with zero attached hydrogens (tertiary/aromatic N) is 3. The van der Waals surface area contributed by atoms with Gasteiger partial charge in [-0.2, -0.15) is 0 Å². The van der Waals surface area contributed by atoms with Gasteiger partial charge in [0.2, 0.25) is 0 Å². The van der Waals surface area contributed by atoms with Gasteiger partial charge in [0, 0.05) is 17.6 Å². The Bertz CT molecular complexity index is 1110. The lowest BCUT2D eigenvalue weighted by molar-refractivity contribution is 0.602. The molecule has 2 unspecified atom stereocenters. The smallest absolute Gasteiger partial charge is 0.175 e. The Morgan fingerprint density at radius 1 is 1.03 bits per heavy atom. The van der Waals surface area contributed by atoms with E-state index < -0.39 is 16.0 Å². The summed E-state index contributed by atoms with van der Waals surface area (Å²) in [5.41, 5.74) is 17.7. The van der Waals surface area contributed by atoms with Crippen molar-refractivity contribution in [3.05, 3.63) is 64.3 Å².